The highest BCUT2D eigenvalue weighted by Crippen LogP contribution is 2.31. The molecule has 2 unspecified atom stereocenters. The molecule has 0 amide bonds. The van der Waals surface area contributed by atoms with Crippen LogP contribution in [-0.2, 0) is 16.6 Å². The van der Waals surface area contributed by atoms with E-state index in [-0.39, 0.29) is 17.7 Å². The molecule has 20 heavy (non-hydrogen) atoms. The van der Waals surface area contributed by atoms with Crippen molar-refractivity contribution in [3.63, 3.8) is 0 Å². The maximum Gasteiger partial charge on any atom is 0.262 e. The summed E-state index contributed by atoms with van der Waals surface area (Å²) in [6.07, 6.45) is 4.15. The number of aromatic amines is 1. The lowest BCUT2D eigenvalue weighted by Crippen LogP contribution is -2.42. The molecule has 1 aliphatic carbocycles. The van der Waals surface area contributed by atoms with E-state index in [1.807, 2.05) is 0 Å². The molecule has 1 aliphatic rings. The normalized spacial score (nSPS) is 24.2. The summed E-state index contributed by atoms with van der Waals surface area (Å²) in [4.78, 5) is 0. The van der Waals surface area contributed by atoms with E-state index in [1.54, 1.807) is 14.0 Å². The van der Waals surface area contributed by atoms with E-state index in [1.165, 1.54) is 4.31 Å². The van der Waals surface area contributed by atoms with Crippen molar-refractivity contribution in [2.45, 2.75) is 57.2 Å². The second kappa shape index (κ2) is 5.83. The molecule has 0 aromatic carbocycles. The molecule has 1 heterocycles. The Hall–Kier alpha value is -0.920. The third kappa shape index (κ3) is 2.62. The Kier molecular flexibility index (Phi) is 4.51. The fourth-order valence-electron chi connectivity index (χ4n) is 2.98. The summed E-state index contributed by atoms with van der Waals surface area (Å²) in [5.74, 6) is 0.348. The fourth-order valence-corrected chi connectivity index (χ4v) is 4.61. The lowest BCUT2D eigenvalue weighted by Gasteiger charge is -2.35. The number of hydrogen-bond acceptors (Lipinski definition) is 4. The van der Waals surface area contributed by atoms with Gasteiger partial charge >= 0.3 is 0 Å². The van der Waals surface area contributed by atoms with Crippen LogP contribution in [-0.4, -0.2) is 41.1 Å². The first-order valence-corrected chi connectivity index (χ1v) is 8.46. The number of hydrogen-bond donors (Lipinski definition) is 2. The summed E-state index contributed by atoms with van der Waals surface area (Å²) < 4.78 is 26.8. The Labute approximate surface area is 120 Å². The Morgan fingerprint density at radius 1 is 1.40 bits per heavy atom. The molecule has 114 valence electrons. The third-order valence-corrected chi connectivity index (χ3v) is 6.21. The zero-order valence-corrected chi connectivity index (χ0v) is 13.1. The van der Waals surface area contributed by atoms with Gasteiger partial charge in [-0.2, -0.15) is 9.40 Å². The quantitative estimate of drug-likeness (QED) is 0.880. The van der Waals surface area contributed by atoms with Crippen LogP contribution in [0.15, 0.2) is 5.03 Å². The zero-order chi connectivity index (χ0) is 14.9. The number of nitrogens with one attached hydrogen (secondary N) is 1. The molecule has 1 aromatic heterocycles. The summed E-state index contributed by atoms with van der Waals surface area (Å²) in [5, 5.41) is 15.8. The Balaban J connectivity index is 2.33. The van der Waals surface area contributed by atoms with Gasteiger partial charge in [0.25, 0.3) is 10.0 Å². The predicted octanol–water partition coefficient (Wildman–Crippen LogP) is 1.41. The molecule has 0 saturated heterocycles. The first-order chi connectivity index (χ1) is 9.39. The molecule has 2 rings (SSSR count). The van der Waals surface area contributed by atoms with E-state index in [0.717, 1.165) is 25.7 Å². The second-order valence-corrected chi connectivity index (χ2v) is 7.55. The molecular formula is C13H23N3O3S. The summed E-state index contributed by atoms with van der Waals surface area (Å²) in [6, 6.07) is 0.0114. The van der Waals surface area contributed by atoms with E-state index >= 15 is 0 Å². The topological polar surface area (TPSA) is 86.3 Å². The minimum atomic E-state index is -3.66. The van der Waals surface area contributed by atoms with E-state index in [2.05, 4.69) is 17.1 Å². The van der Waals surface area contributed by atoms with Crippen molar-refractivity contribution < 1.29 is 13.5 Å². The smallest absolute Gasteiger partial charge is 0.262 e. The zero-order valence-electron chi connectivity index (χ0n) is 12.3. The van der Waals surface area contributed by atoms with E-state index in [0.29, 0.717) is 17.2 Å². The van der Waals surface area contributed by atoms with Crippen LogP contribution in [0.4, 0.5) is 0 Å². The third-order valence-electron chi connectivity index (χ3n) is 4.35. The van der Waals surface area contributed by atoms with Crippen molar-refractivity contribution >= 4 is 10.0 Å². The van der Waals surface area contributed by atoms with Crippen LogP contribution in [0.25, 0.3) is 0 Å². The largest absolute Gasteiger partial charge is 0.392 e. The molecule has 7 heteroatoms. The highest BCUT2D eigenvalue weighted by Gasteiger charge is 2.35. The summed E-state index contributed by atoms with van der Waals surface area (Å²) in [7, 11) is -2.04. The van der Waals surface area contributed by atoms with Crippen molar-refractivity contribution in [2.75, 3.05) is 7.05 Å². The van der Waals surface area contributed by atoms with Gasteiger partial charge in [0.2, 0.25) is 0 Å². The van der Waals surface area contributed by atoms with E-state index < -0.39 is 10.0 Å². The molecular weight excluding hydrogens is 278 g/mol. The minimum absolute atomic E-state index is 0.0114. The van der Waals surface area contributed by atoms with Gasteiger partial charge in [-0.3, -0.25) is 5.10 Å². The highest BCUT2D eigenvalue weighted by atomic mass is 32.2. The summed E-state index contributed by atoms with van der Waals surface area (Å²) >= 11 is 0. The van der Waals surface area contributed by atoms with Gasteiger partial charge in [-0.1, -0.05) is 19.8 Å². The van der Waals surface area contributed by atoms with Crippen molar-refractivity contribution in [2.24, 2.45) is 5.92 Å². The number of aliphatic hydroxyl groups is 1. The average Bonchev–Trinajstić information content (AvgIpc) is 2.80. The van der Waals surface area contributed by atoms with Crippen LogP contribution in [0.3, 0.4) is 0 Å². The van der Waals surface area contributed by atoms with Crippen LogP contribution in [0, 0.1) is 12.8 Å². The van der Waals surface area contributed by atoms with Crippen LogP contribution in [0.2, 0.25) is 0 Å². The van der Waals surface area contributed by atoms with Gasteiger partial charge in [0.1, 0.15) is 0 Å². The summed E-state index contributed by atoms with van der Waals surface area (Å²) in [6.45, 7) is 3.48. The number of nitrogens with zero attached hydrogens (tertiary/aromatic N) is 2. The van der Waals surface area contributed by atoms with Gasteiger partial charge in [0.15, 0.2) is 5.03 Å². The minimum Gasteiger partial charge on any atom is -0.392 e. The molecule has 2 N–H and O–H groups in total. The number of rotatable bonds is 4. The number of H-pyrrole nitrogens is 1. The Morgan fingerprint density at radius 3 is 2.65 bits per heavy atom. The van der Waals surface area contributed by atoms with Gasteiger partial charge in [-0.15, -0.1) is 0 Å². The molecule has 2 atom stereocenters. The molecule has 1 saturated carbocycles. The number of aliphatic hydroxyl groups excluding tert-OH is 1. The first-order valence-electron chi connectivity index (χ1n) is 7.02. The standard InChI is InChI=1S/C13H23N3O3S/c1-9-6-4-5-7-12(9)16(3)20(18,19)13-11(8-17)10(2)14-15-13/h9,12,17H,4-8H2,1-3H3,(H,14,15). The van der Waals surface area contributed by atoms with Crippen LogP contribution < -0.4 is 0 Å². The van der Waals surface area contributed by atoms with Crippen molar-refractivity contribution in [1.82, 2.24) is 14.5 Å². The van der Waals surface area contributed by atoms with Gasteiger partial charge in [0.05, 0.1) is 6.61 Å². The predicted molar refractivity (Wildman–Crippen MR) is 75.6 cm³/mol. The van der Waals surface area contributed by atoms with Crippen molar-refractivity contribution in [3.8, 4) is 0 Å². The second-order valence-electron chi connectivity index (χ2n) is 5.64. The fraction of sp³-hybridized carbons (Fsp3) is 0.769. The Bertz CT molecular complexity index is 567. The SMILES string of the molecule is Cc1[nH]nc(S(=O)(=O)N(C)C2CCCCC2C)c1CO. The maximum absolute atomic E-state index is 12.7. The molecule has 1 aromatic rings. The monoisotopic (exact) mass is 301 g/mol. The lowest BCUT2D eigenvalue weighted by atomic mass is 9.86. The van der Waals surface area contributed by atoms with Gasteiger partial charge in [-0.05, 0) is 25.7 Å². The molecule has 1 fully saturated rings. The molecule has 6 nitrogen and oxygen atoms in total. The molecule has 0 bridgehead atoms. The number of sulfonamides is 1. The van der Waals surface area contributed by atoms with Crippen molar-refractivity contribution in [3.05, 3.63) is 11.3 Å². The van der Waals surface area contributed by atoms with Crippen molar-refractivity contribution in [1.29, 1.82) is 0 Å². The number of aromatic nitrogens is 2. The van der Waals surface area contributed by atoms with Gasteiger partial charge in [0, 0.05) is 24.3 Å². The average molecular weight is 301 g/mol. The van der Waals surface area contributed by atoms with Crippen LogP contribution in [0.5, 0.6) is 0 Å². The highest BCUT2D eigenvalue weighted by molar-refractivity contribution is 7.89. The van der Waals surface area contributed by atoms with Gasteiger partial charge < -0.3 is 5.11 Å². The first kappa shape index (κ1) is 15.5. The van der Waals surface area contributed by atoms with E-state index in [9.17, 15) is 13.5 Å². The van der Waals surface area contributed by atoms with E-state index in [4.69, 9.17) is 0 Å². The molecule has 0 radical (unpaired) electrons. The van der Waals surface area contributed by atoms with Gasteiger partial charge in [-0.25, -0.2) is 8.42 Å². The maximum atomic E-state index is 12.7. The lowest BCUT2D eigenvalue weighted by molar-refractivity contribution is 0.212. The van der Waals surface area contributed by atoms with Crippen LogP contribution in [0.1, 0.15) is 43.9 Å². The number of aryl methyl sites for hydroxylation is 1. The molecule has 0 aliphatic heterocycles. The summed E-state index contributed by atoms with van der Waals surface area (Å²) in [5.41, 5.74) is 0.955. The van der Waals surface area contributed by atoms with Crippen LogP contribution >= 0.6 is 0 Å². The Morgan fingerprint density at radius 2 is 2.05 bits per heavy atom. The molecule has 0 spiro atoms.